The predicted octanol–water partition coefficient (Wildman–Crippen LogP) is 3.81. The molecule has 0 saturated carbocycles. The molecule has 3 aromatic rings. The molecule has 0 unspecified atom stereocenters. The highest BCUT2D eigenvalue weighted by Crippen LogP contribution is 2.23. The fourth-order valence-corrected chi connectivity index (χ4v) is 4.43. The van der Waals surface area contributed by atoms with Gasteiger partial charge in [0.05, 0.1) is 23.4 Å². The number of piperazine rings is 1. The summed E-state index contributed by atoms with van der Waals surface area (Å²) < 4.78 is 12.5. The van der Waals surface area contributed by atoms with Crippen LogP contribution in [0.25, 0.3) is 10.2 Å². The van der Waals surface area contributed by atoms with E-state index in [0.717, 1.165) is 55.4 Å². The second-order valence-electron chi connectivity index (χ2n) is 7.34. The molecule has 0 atom stereocenters. The molecule has 0 N–H and O–H groups in total. The third kappa shape index (κ3) is 5.29. The molecule has 2 aromatic carbocycles. The lowest BCUT2D eigenvalue weighted by Crippen LogP contribution is -2.49. The summed E-state index contributed by atoms with van der Waals surface area (Å²) in [5.74, 6) is 1.53. The third-order valence-corrected chi connectivity index (χ3v) is 6.10. The topological polar surface area (TPSA) is 54.9 Å². The zero-order valence-corrected chi connectivity index (χ0v) is 18.1. The first-order valence-corrected chi connectivity index (χ1v) is 11.2. The Kier molecular flexibility index (Phi) is 6.81. The number of hydrogen-bond donors (Lipinski definition) is 0. The fourth-order valence-electron chi connectivity index (χ4n) is 3.42. The first-order chi connectivity index (χ1) is 14.7. The van der Waals surface area contributed by atoms with Crippen LogP contribution >= 0.6 is 11.3 Å². The number of benzene rings is 2. The van der Waals surface area contributed by atoms with Crippen molar-refractivity contribution in [1.82, 2.24) is 14.8 Å². The van der Waals surface area contributed by atoms with E-state index in [2.05, 4.69) is 24.0 Å². The van der Waals surface area contributed by atoms with E-state index in [1.807, 2.05) is 41.3 Å². The molecule has 7 heteroatoms. The van der Waals surface area contributed by atoms with Gasteiger partial charge in [-0.15, -0.1) is 11.3 Å². The molecule has 0 radical (unpaired) electrons. The van der Waals surface area contributed by atoms with Gasteiger partial charge in [0.1, 0.15) is 16.5 Å². The fraction of sp³-hybridized carbons (Fsp3) is 0.391. The maximum atomic E-state index is 12.5. The number of ether oxygens (including phenoxy) is 2. The highest BCUT2D eigenvalue weighted by molar-refractivity contribution is 7.18. The molecule has 1 fully saturated rings. The van der Waals surface area contributed by atoms with Gasteiger partial charge in [-0.3, -0.25) is 9.69 Å². The van der Waals surface area contributed by atoms with Crippen LogP contribution in [0.5, 0.6) is 11.5 Å². The largest absolute Gasteiger partial charge is 0.494 e. The average Bonchev–Trinajstić information content (AvgIpc) is 3.19. The Labute approximate surface area is 181 Å². The van der Waals surface area contributed by atoms with Crippen molar-refractivity contribution >= 4 is 27.5 Å². The summed E-state index contributed by atoms with van der Waals surface area (Å²) in [6.07, 6.45) is 0.973. The van der Waals surface area contributed by atoms with Crippen molar-refractivity contribution in [3.63, 3.8) is 0 Å². The molecule has 0 aliphatic carbocycles. The first-order valence-electron chi connectivity index (χ1n) is 10.4. The summed E-state index contributed by atoms with van der Waals surface area (Å²) in [7, 11) is 0. The van der Waals surface area contributed by atoms with Crippen molar-refractivity contribution < 1.29 is 14.3 Å². The van der Waals surface area contributed by atoms with Crippen LogP contribution in [0.1, 0.15) is 18.4 Å². The highest BCUT2D eigenvalue weighted by atomic mass is 32.1. The standard InChI is InChI=1S/C23H27N3O3S/c1-2-15-28-18-7-9-19(10-8-18)29-17-23(27)26-13-11-25(12-14-26)16-22-24-20-5-3-4-6-21(20)30-22/h3-10H,2,11-17H2,1H3. The summed E-state index contributed by atoms with van der Waals surface area (Å²) in [5, 5.41) is 1.13. The molecule has 1 saturated heterocycles. The minimum absolute atomic E-state index is 0.0287. The SMILES string of the molecule is CCCOc1ccc(OCC(=O)N2CCN(Cc3nc4ccccc4s3)CC2)cc1. The number of hydrogen-bond acceptors (Lipinski definition) is 6. The predicted molar refractivity (Wildman–Crippen MR) is 119 cm³/mol. The smallest absolute Gasteiger partial charge is 0.260 e. The average molecular weight is 426 g/mol. The van der Waals surface area contributed by atoms with Crippen molar-refractivity contribution in [1.29, 1.82) is 0 Å². The van der Waals surface area contributed by atoms with Gasteiger partial charge in [0.25, 0.3) is 5.91 Å². The van der Waals surface area contributed by atoms with Crippen LogP contribution in [0.4, 0.5) is 0 Å². The molecule has 0 spiro atoms. The molecule has 4 rings (SSSR count). The third-order valence-electron chi connectivity index (χ3n) is 5.08. The number of carbonyl (C=O) groups excluding carboxylic acids is 1. The molecular weight excluding hydrogens is 398 g/mol. The molecule has 158 valence electrons. The van der Waals surface area contributed by atoms with E-state index in [1.54, 1.807) is 11.3 Å². The lowest BCUT2D eigenvalue weighted by molar-refractivity contribution is -0.135. The van der Waals surface area contributed by atoms with E-state index >= 15 is 0 Å². The molecule has 1 aliphatic heterocycles. The van der Waals surface area contributed by atoms with Gasteiger partial charge in [0, 0.05) is 26.2 Å². The van der Waals surface area contributed by atoms with Crippen molar-refractivity contribution in [3.05, 3.63) is 53.5 Å². The number of amides is 1. The van der Waals surface area contributed by atoms with Gasteiger partial charge in [0.2, 0.25) is 0 Å². The van der Waals surface area contributed by atoms with Crippen LogP contribution in [0.3, 0.4) is 0 Å². The Morgan fingerprint density at radius 2 is 1.70 bits per heavy atom. The number of nitrogens with zero attached hydrogens (tertiary/aromatic N) is 3. The number of fused-ring (bicyclic) bond motifs is 1. The monoisotopic (exact) mass is 425 g/mol. The van der Waals surface area contributed by atoms with Crippen LogP contribution in [0.2, 0.25) is 0 Å². The van der Waals surface area contributed by atoms with Gasteiger partial charge in [-0.05, 0) is 42.8 Å². The summed E-state index contributed by atoms with van der Waals surface area (Å²) in [6, 6.07) is 15.7. The minimum atomic E-state index is 0.0287. The Morgan fingerprint density at radius 1 is 1.00 bits per heavy atom. The van der Waals surface area contributed by atoms with Gasteiger partial charge in [-0.2, -0.15) is 0 Å². The van der Waals surface area contributed by atoms with E-state index in [9.17, 15) is 4.79 Å². The molecule has 1 aromatic heterocycles. The molecule has 0 bridgehead atoms. The van der Waals surface area contributed by atoms with Crippen LogP contribution in [-0.2, 0) is 11.3 Å². The quantitative estimate of drug-likeness (QED) is 0.549. The van der Waals surface area contributed by atoms with Crippen LogP contribution in [-0.4, -0.2) is 60.1 Å². The molecule has 30 heavy (non-hydrogen) atoms. The Bertz CT molecular complexity index is 932. The number of carbonyl (C=O) groups is 1. The second-order valence-corrected chi connectivity index (χ2v) is 8.46. The van der Waals surface area contributed by atoms with E-state index in [1.165, 1.54) is 4.70 Å². The van der Waals surface area contributed by atoms with Crippen LogP contribution in [0, 0.1) is 0 Å². The van der Waals surface area contributed by atoms with Gasteiger partial charge < -0.3 is 14.4 Å². The van der Waals surface area contributed by atoms with Gasteiger partial charge in [-0.25, -0.2) is 4.98 Å². The molecule has 1 aliphatic rings. The van der Waals surface area contributed by atoms with E-state index in [4.69, 9.17) is 14.5 Å². The molecule has 1 amide bonds. The Balaban J connectivity index is 1.21. The summed E-state index contributed by atoms with van der Waals surface area (Å²) in [6.45, 7) is 6.81. The van der Waals surface area contributed by atoms with Gasteiger partial charge in [-0.1, -0.05) is 19.1 Å². The summed E-state index contributed by atoms with van der Waals surface area (Å²) >= 11 is 1.75. The maximum Gasteiger partial charge on any atom is 0.260 e. The maximum absolute atomic E-state index is 12.5. The second kappa shape index (κ2) is 9.91. The zero-order valence-electron chi connectivity index (χ0n) is 17.3. The van der Waals surface area contributed by atoms with E-state index in [-0.39, 0.29) is 12.5 Å². The van der Waals surface area contributed by atoms with Crippen molar-refractivity contribution in [2.75, 3.05) is 39.4 Å². The number of para-hydroxylation sites is 1. The minimum Gasteiger partial charge on any atom is -0.494 e. The molecular formula is C23H27N3O3S. The highest BCUT2D eigenvalue weighted by Gasteiger charge is 2.22. The van der Waals surface area contributed by atoms with E-state index in [0.29, 0.717) is 12.4 Å². The Hall–Kier alpha value is -2.64. The van der Waals surface area contributed by atoms with Gasteiger partial charge in [0.15, 0.2) is 6.61 Å². The lowest BCUT2D eigenvalue weighted by Gasteiger charge is -2.34. The summed E-state index contributed by atoms with van der Waals surface area (Å²) in [4.78, 5) is 21.5. The lowest BCUT2D eigenvalue weighted by atomic mass is 10.3. The zero-order chi connectivity index (χ0) is 20.8. The van der Waals surface area contributed by atoms with Crippen LogP contribution < -0.4 is 9.47 Å². The van der Waals surface area contributed by atoms with E-state index < -0.39 is 0 Å². The first kappa shape index (κ1) is 20.6. The Morgan fingerprint density at radius 3 is 2.40 bits per heavy atom. The van der Waals surface area contributed by atoms with Crippen molar-refractivity contribution in [3.8, 4) is 11.5 Å². The number of aromatic nitrogens is 1. The molecule has 2 heterocycles. The van der Waals surface area contributed by atoms with Crippen LogP contribution in [0.15, 0.2) is 48.5 Å². The normalized spacial score (nSPS) is 14.8. The van der Waals surface area contributed by atoms with Crippen molar-refractivity contribution in [2.24, 2.45) is 0 Å². The van der Waals surface area contributed by atoms with Gasteiger partial charge >= 0.3 is 0 Å². The number of thiazole rings is 1. The van der Waals surface area contributed by atoms with Crippen molar-refractivity contribution in [2.45, 2.75) is 19.9 Å². The summed E-state index contributed by atoms with van der Waals surface area (Å²) in [5.41, 5.74) is 1.06. The molecule has 6 nitrogen and oxygen atoms in total. The number of rotatable bonds is 8.